The number of nitrogens with one attached hydrogen (secondary N) is 1. The van der Waals surface area contributed by atoms with Crippen molar-refractivity contribution in [3.05, 3.63) is 112 Å². The number of rotatable bonds is 5. The lowest BCUT2D eigenvalue weighted by Crippen LogP contribution is -2.29. The van der Waals surface area contributed by atoms with Crippen molar-refractivity contribution < 1.29 is 19.6 Å². The second-order valence-electron chi connectivity index (χ2n) is 7.88. The van der Waals surface area contributed by atoms with Gasteiger partial charge in [0.25, 0.3) is 17.4 Å². The van der Waals surface area contributed by atoms with Crippen molar-refractivity contribution in [3.8, 4) is 0 Å². The van der Waals surface area contributed by atoms with Gasteiger partial charge in [-0.1, -0.05) is 24.3 Å². The number of aliphatic hydroxyl groups excluding tert-OH is 1. The lowest BCUT2D eigenvalue weighted by molar-refractivity contribution is -0.384. The van der Waals surface area contributed by atoms with E-state index in [1.807, 2.05) is 24.3 Å². The van der Waals surface area contributed by atoms with Crippen molar-refractivity contribution in [2.75, 3.05) is 0 Å². The van der Waals surface area contributed by atoms with Crippen LogP contribution in [0, 0.1) is 10.1 Å². The number of H-pyrrole nitrogens is 1. The average Bonchev–Trinajstić information content (AvgIpc) is 3.38. The van der Waals surface area contributed by atoms with E-state index in [-0.39, 0.29) is 23.4 Å². The number of hydrogen-bond donors (Lipinski definition) is 2. The van der Waals surface area contributed by atoms with E-state index in [0.717, 1.165) is 16.5 Å². The van der Waals surface area contributed by atoms with Crippen LogP contribution in [0.3, 0.4) is 0 Å². The fraction of sp³-hybridized carbons (Fsp3) is 0.0800. The molecule has 1 atom stereocenters. The summed E-state index contributed by atoms with van der Waals surface area (Å²) in [6, 6.07) is 15.3. The van der Waals surface area contributed by atoms with Gasteiger partial charge in [-0.05, 0) is 29.8 Å². The highest BCUT2D eigenvalue weighted by molar-refractivity contribution is 6.46. The van der Waals surface area contributed by atoms with E-state index in [1.165, 1.54) is 29.2 Å². The number of hydrogen-bond acceptors (Lipinski definition) is 6. The number of nitro benzene ring substituents is 1. The molecular weight excluding hydrogens is 436 g/mol. The van der Waals surface area contributed by atoms with Crippen LogP contribution in [0.25, 0.3) is 16.7 Å². The maximum Gasteiger partial charge on any atom is 0.295 e. The topological polar surface area (TPSA) is 129 Å². The molecule has 0 spiro atoms. The van der Waals surface area contributed by atoms with Crippen molar-refractivity contribution in [1.82, 2.24) is 14.9 Å². The lowest BCUT2D eigenvalue weighted by atomic mass is 9.94. The summed E-state index contributed by atoms with van der Waals surface area (Å²) in [6.07, 6.45) is 4.95. The molecule has 9 nitrogen and oxygen atoms in total. The van der Waals surface area contributed by atoms with Crippen molar-refractivity contribution in [2.24, 2.45) is 0 Å². The average molecular weight is 454 g/mol. The summed E-state index contributed by atoms with van der Waals surface area (Å²) < 4.78 is 0. The van der Waals surface area contributed by atoms with Gasteiger partial charge in [0.05, 0.1) is 16.5 Å². The molecule has 34 heavy (non-hydrogen) atoms. The summed E-state index contributed by atoms with van der Waals surface area (Å²) >= 11 is 0. The number of benzene rings is 2. The number of fused-ring (bicyclic) bond motifs is 1. The summed E-state index contributed by atoms with van der Waals surface area (Å²) in [5.41, 5.74) is 2.18. The fourth-order valence-corrected chi connectivity index (χ4v) is 4.27. The van der Waals surface area contributed by atoms with Gasteiger partial charge < -0.3 is 15.0 Å². The normalized spacial score (nSPS) is 17.4. The number of carbonyl (C=O) groups is 2. The van der Waals surface area contributed by atoms with E-state index in [4.69, 9.17) is 0 Å². The molecule has 0 saturated carbocycles. The Bertz CT molecular complexity index is 1460. The number of aromatic nitrogens is 2. The zero-order chi connectivity index (χ0) is 23.8. The largest absolute Gasteiger partial charge is 0.507 e. The van der Waals surface area contributed by atoms with Crippen molar-refractivity contribution in [1.29, 1.82) is 0 Å². The predicted molar refractivity (Wildman–Crippen MR) is 123 cm³/mol. The molecule has 5 rings (SSSR count). The molecule has 1 fully saturated rings. The van der Waals surface area contributed by atoms with Gasteiger partial charge in [0.2, 0.25) is 0 Å². The fourth-order valence-electron chi connectivity index (χ4n) is 4.27. The summed E-state index contributed by atoms with van der Waals surface area (Å²) in [5, 5.41) is 23.0. The molecule has 1 saturated heterocycles. The van der Waals surface area contributed by atoms with Crippen molar-refractivity contribution in [3.63, 3.8) is 0 Å². The lowest BCUT2D eigenvalue weighted by Gasteiger charge is -2.25. The summed E-state index contributed by atoms with van der Waals surface area (Å²) in [4.78, 5) is 45.4. The molecule has 2 aromatic heterocycles. The van der Waals surface area contributed by atoms with E-state index < -0.39 is 28.4 Å². The Hall–Kier alpha value is -4.79. The van der Waals surface area contributed by atoms with Crippen LogP contribution in [0.2, 0.25) is 0 Å². The smallest absolute Gasteiger partial charge is 0.295 e. The van der Waals surface area contributed by atoms with Gasteiger partial charge in [-0.15, -0.1) is 0 Å². The Labute approximate surface area is 193 Å². The van der Waals surface area contributed by atoms with Crippen molar-refractivity contribution in [2.45, 2.75) is 12.6 Å². The van der Waals surface area contributed by atoms with Crippen LogP contribution in [0.5, 0.6) is 0 Å². The maximum atomic E-state index is 13.2. The number of carbonyl (C=O) groups excluding carboxylic acids is 2. The van der Waals surface area contributed by atoms with E-state index in [2.05, 4.69) is 9.97 Å². The molecule has 1 amide bonds. The van der Waals surface area contributed by atoms with Gasteiger partial charge in [-0.25, -0.2) is 0 Å². The highest BCUT2D eigenvalue weighted by Crippen LogP contribution is 2.42. The number of pyridine rings is 1. The predicted octanol–water partition coefficient (Wildman–Crippen LogP) is 4.09. The molecule has 2 aromatic carbocycles. The zero-order valence-electron chi connectivity index (χ0n) is 17.7. The molecule has 4 aromatic rings. The molecule has 1 aliphatic heterocycles. The third-order valence-corrected chi connectivity index (χ3v) is 5.88. The number of nitrogens with zero attached hydrogens (tertiary/aromatic N) is 3. The van der Waals surface area contributed by atoms with Gasteiger partial charge >= 0.3 is 0 Å². The van der Waals surface area contributed by atoms with Gasteiger partial charge in [-0.2, -0.15) is 0 Å². The Kier molecular flexibility index (Phi) is 5.14. The molecule has 0 bridgehead atoms. The zero-order valence-corrected chi connectivity index (χ0v) is 17.7. The molecular formula is C25H18N4O5. The number of non-ortho nitro benzene ring substituents is 1. The van der Waals surface area contributed by atoms with Crippen LogP contribution in [0.15, 0.2) is 84.8 Å². The first-order chi connectivity index (χ1) is 16.5. The van der Waals surface area contributed by atoms with Gasteiger partial charge in [0, 0.05) is 59.3 Å². The van der Waals surface area contributed by atoms with Crippen molar-refractivity contribution >= 4 is 34.0 Å². The SMILES string of the molecule is O=C1C(=O)N(Cc2cccnc2)C(c2c[nH]c3ccccc23)/C1=C(\O)c1ccc([N+](=O)[O-])cc1. The third kappa shape index (κ3) is 3.49. The Morgan fingerprint density at radius 2 is 1.85 bits per heavy atom. The highest BCUT2D eigenvalue weighted by atomic mass is 16.6. The van der Waals surface area contributed by atoms with Crippen LogP contribution in [0.1, 0.15) is 22.7 Å². The van der Waals surface area contributed by atoms with Gasteiger partial charge in [0.15, 0.2) is 0 Å². The summed E-state index contributed by atoms with van der Waals surface area (Å²) in [5.74, 6) is -1.96. The standard InChI is InChI=1S/C25H18N4O5/c30-23(16-7-9-17(10-8-16)29(33)34)21-22(19-13-27-20-6-2-1-5-18(19)20)28(25(32)24(21)31)14-15-4-3-11-26-12-15/h1-13,22,27,30H,14H2/b23-21+. The van der Waals surface area contributed by atoms with E-state index >= 15 is 0 Å². The molecule has 1 unspecified atom stereocenters. The second-order valence-corrected chi connectivity index (χ2v) is 7.88. The monoisotopic (exact) mass is 454 g/mol. The Balaban J connectivity index is 1.68. The van der Waals surface area contributed by atoms with Crippen LogP contribution < -0.4 is 0 Å². The first kappa shape index (κ1) is 21.1. The maximum absolute atomic E-state index is 13.2. The van der Waals surface area contributed by atoms with E-state index in [9.17, 15) is 24.8 Å². The number of Topliss-reactive ketones (excluding diaryl/α,β-unsaturated/α-hetero) is 1. The first-order valence-corrected chi connectivity index (χ1v) is 10.4. The molecule has 2 N–H and O–H groups in total. The molecule has 1 aliphatic rings. The van der Waals surface area contributed by atoms with Gasteiger partial charge in [0.1, 0.15) is 5.76 Å². The summed E-state index contributed by atoms with van der Waals surface area (Å²) in [7, 11) is 0. The molecule has 168 valence electrons. The Morgan fingerprint density at radius 1 is 1.09 bits per heavy atom. The van der Waals surface area contributed by atoms with Crippen LogP contribution >= 0.6 is 0 Å². The number of para-hydroxylation sites is 1. The number of likely N-dealkylation sites (tertiary alicyclic amines) is 1. The van der Waals surface area contributed by atoms with Crippen LogP contribution in [-0.4, -0.2) is 36.6 Å². The number of aromatic amines is 1. The third-order valence-electron chi connectivity index (χ3n) is 5.88. The minimum atomic E-state index is -0.869. The number of aliphatic hydroxyl groups is 1. The summed E-state index contributed by atoms with van der Waals surface area (Å²) in [6.45, 7) is 0.111. The van der Waals surface area contributed by atoms with Gasteiger partial charge in [-0.3, -0.25) is 24.7 Å². The van der Waals surface area contributed by atoms with E-state index in [0.29, 0.717) is 5.56 Å². The highest BCUT2D eigenvalue weighted by Gasteiger charge is 2.46. The molecule has 3 heterocycles. The number of nitro groups is 1. The van der Waals surface area contributed by atoms with E-state index in [1.54, 1.807) is 30.7 Å². The minimum absolute atomic E-state index is 0.0764. The van der Waals surface area contributed by atoms with Crippen LogP contribution in [-0.2, 0) is 16.1 Å². The first-order valence-electron chi connectivity index (χ1n) is 10.4. The quantitative estimate of drug-likeness (QED) is 0.154. The molecule has 0 aliphatic carbocycles. The number of amides is 1. The Morgan fingerprint density at radius 3 is 2.56 bits per heavy atom. The van der Waals surface area contributed by atoms with Crippen LogP contribution in [0.4, 0.5) is 5.69 Å². The molecule has 0 radical (unpaired) electrons. The number of ketones is 1. The minimum Gasteiger partial charge on any atom is -0.507 e. The molecule has 9 heteroatoms. The second kappa shape index (κ2) is 8.28.